The third-order valence-electron chi connectivity index (χ3n) is 2.72. The highest BCUT2D eigenvalue weighted by molar-refractivity contribution is 5.37. The van der Waals surface area contributed by atoms with E-state index in [0.29, 0.717) is 6.42 Å². The zero-order valence-corrected chi connectivity index (χ0v) is 9.98. The van der Waals surface area contributed by atoms with Gasteiger partial charge in [0.2, 0.25) is 0 Å². The fraction of sp³-hybridized carbons (Fsp3) is 0.133. The van der Waals surface area contributed by atoms with E-state index in [4.69, 9.17) is 10.00 Å². The van der Waals surface area contributed by atoms with Crippen LogP contribution in [0.25, 0.3) is 0 Å². The molecule has 0 saturated carbocycles. The van der Waals surface area contributed by atoms with Crippen LogP contribution in [0.3, 0.4) is 0 Å². The average molecular weight is 241 g/mol. The normalized spacial score (nSPS) is 9.83. The van der Waals surface area contributed by atoms with E-state index in [1.807, 2.05) is 30.3 Å². The number of methoxy groups -OCH3 is 1. The van der Waals surface area contributed by atoms with Crippen LogP contribution < -0.4 is 4.74 Å². The SMILES string of the molecule is COc1ccc(Cc2ccc(F)c(C#N)c2)cc1. The molecule has 0 aliphatic heterocycles. The Kier molecular flexibility index (Phi) is 3.59. The van der Waals surface area contributed by atoms with E-state index in [-0.39, 0.29) is 5.56 Å². The number of halogens is 1. The van der Waals surface area contributed by atoms with Gasteiger partial charge in [-0.1, -0.05) is 18.2 Å². The Morgan fingerprint density at radius 3 is 2.39 bits per heavy atom. The molecule has 0 N–H and O–H groups in total. The van der Waals surface area contributed by atoms with Crippen LogP contribution in [0.4, 0.5) is 4.39 Å². The van der Waals surface area contributed by atoms with Gasteiger partial charge in [0.1, 0.15) is 17.6 Å². The lowest BCUT2D eigenvalue weighted by atomic mass is 10.0. The summed E-state index contributed by atoms with van der Waals surface area (Å²) in [6, 6.07) is 14.1. The van der Waals surface area contributed by atoms with Gasteiger partial charge in [-0.3, -0.25) is 0 Å². The molecule has 90 valence electrons. The zero-order chi connectivity index (χ0) is 13.0. The molecule has 2 aromatic carbocycles. The average Bonchev–Trinajstić information content (AvgIpc) is 2.42. The van der Waals surface area contributed by atoms with Gasteiger partial charge in [0.05, 0.1) is 12.7 Å². The summed E-state index contributed by atoms with van der Waals surface area (Å²) < 4.78 is 18.2. The molecule has 0 aliphatic carbocycles. The summed E-state index contributed by atoms with van der Waals surface area (Å²) in [7, 11) is 1.62. The number of nitrogens with zero attached hydrogens (tertiary/aromatic N) is 1. The van der Waals surface area contributed by atoms with Crippen molar-refractivity contribution in [1.29, 1.82) is 5.26 Å². The predicted octanol–water partition coefficient (Wildman–Crippen LogP) is 3.30. The topological polar surface area (TPSA) is 33.0 Å². The van der Waals surface area contributed by atoms with E-state index in [1.54, 1.807) is 19.2 Å². The highest BCUT2D eigenvalue weighted by atomic mass is 19.1. The quantitative estimate of drug-likeness (QED) is 0.826. The van der Waals surface area contributed by atoms with Crippen molar-refractivity contribution in [2.75, 3.05) is 7.11 Å². The molecule has 2 rings (SSSR count). The standard InChI is InChI=1S/C15H12FNO/c1-18-14-5-2-11(3-6-14)8-12-4-7-15(16)13(9-12)10-17/h2-7,9H,8H2,1H3. The Bertz CT molecular complexity index is 584. The van der Waals surface area contributed by atoms with Crippen molar-refractivity contribution < 1.29 is 9.13 Å². The smallest absolute Gasteiger partial charge is 0.140 e. The first-order valence-corrected chi connectivity index (χ1v) is 5.54. The van der Waals surface area contributed by atoms with E-state index >= 15 is 0 Å². The number of benzene rings is 2. The molecule has 0 spiro atoms. The second-order valence-electron chi connectivity index (χ2n) is 3.95. The summed E-state index contributed by atoms with van der Waals surface area (Å²) in [6.07, 6.45) is 0.666. The molecular weight excluding hydrogens is 229 g/mol. The van der Waals surface area contributed by atoms with Gasteiger partial charge in [-0.05, 0) is 41.8 Å². The largest absolute Gasteiger partial charge is 0.497 e. The van der Waals surface area contributed by atoms with Gasteiger partial charge in [-0.15, -0.1) is 0 Å². The van der Waals surface area contributed by atoms with E-state index in [2.05, 4.69) is 0 Å². The van der Waals surface area contributed by atoms with Crippen LogP contribution in [0.15, 0.2) is 42.5 Å². The van der Waals surface area contributed by atoms with Crippen LogP contribution in [0, 0.1) is 17.1 Å². The second kappa shape index (κ2) is 5.33. The van der Waals surface area contributed by atoms with Gasteiger partial charge < -0.3 is 4.74 Å². The maximum absolute atomic E-state index is 13.2. The van der Waals surface area contributed by atoms with E-state index in [0.717, 1.165) is 16.9 Å². The molecule has 0 saturated heterocycles. The van der Waals surface area contributed by atoms with Crippen molar-refractivity contribution in [2.24, 2.45) is 0 Å². The van der Waals surface area contributed by atoms with Gasteiger partial charge in [0, 0.05) is 0 Å². The van der Waals surface area contributed by atoms with Crippen molar-refractivity contribution in [3.63, 3.8) is 0 Å². The summed E-state index contributed by atoms with van der Waals surface area (Å²) in [5.74, 6) is 0.326. The van der Waals surface area contributed by atoms with E-state index in [9.17, 15) is 4.39 Å². The van der Waals surface area contributed by atoms with Crippen LogP contribution in [0.1, 0.15) is 16.7 Å². The fourth-order valence-electron chi connectivity index (χ4n) is 1.75. The molecule has 0 fully saturated rings. The third-order valence-corrected chi connectivity index (χ3v) is 2.72. The Balaban J connectivity index is 2.20. The minimum atomic E-state index is -0.476. The molecule has 0 atom stereocenters. The third kappa shape index (κ3) is 2.67. The Morgan fingerprint density at radius 1 is 1.11 bits per heavy atom. The highest BCUT2D eigenvalue weighted by Crippen LogP contribution is 2.16. The summed E-state index contributed by atoms with van der Waals surface area (Å²) in [5, 5.41) is 8.77. The first-order chi connectivity index (χ1) is 8.72. The predicted molar refractivity (Wildman–Crippen MR) is 66.9 cm³/mol. The molecule has 3 heteroatoms. The summed E-state index contributed by atoms with van der Waals surface area (Å²) in [6.45, 7) is 0. The van der Waals surface area contributed by atoms with Crippen LogP contribution in [0.2, 0.25) is 0 Å². The first kappa shape index (κ1) is 12.1. The van der Waals surface area contributed by atoms with Gasteiger partial charge in [0.15, 0.2) is 0 Å². The monoisotopic (exact) mass is 241 g/mol. The summed E-state index contributed by atoms with van der Waals surface area (Å²) >= 11 is 0. The minimum absolute atomic E-state index is 0.0843. The molecule has 0 aliphatic rings. The van der Waals surface area contributed by atoms with Crippen molar-refractivity contribution in [3.8, 4) is 11.8 Å². The summed E-state index contributed by atoms with van der Waals surface area (Å²) in [5.41, 5.74) is 2.09. The second-order valence-corrected chi connectivity index (χ2v) is 3.95. The maximum Gasteiger partial charge on any atom is 0.140 e. The molecule has 0 heterocycles. The molecular formula is C15H12FNO. The van der Waals surface area contributed by atoms with Crippen LogP contribution >= 0.6 is 0 Å². The van der Waals surface area contributed by atoms with Crippen molar-refractivity contribution in [1.82, 2.24) is 0 Å². The van der Waals surface area contributed by atoms with Gasteiger partial charge in [-0.25, -0.2) is 4.39 Å². The van der Waals surface area contributed by atoms with E-state index in [1.165, 1.54) is 6.07 Å². The molecule has 0 unspecified atom stereocenters. The summed E-state index contributed by atoms with van der Waals surface area (Å²) in [4.78, 5) is 0. The number of hydrogen-bond donors (Lipinski definition) is 0. The number of hydrogen-bond acceptors (Lipinski definition) is 2. The highest BCUT2D eigenvalue weighted by Gasteiger charge is 2.03. The van der Waals surface area contributed by atoms with Crippen molar-refractivity contribution in [2.45, 2.75) is 6.42 Å². The molecule has 0 amide bonds. The lowest BCUT2D eigenvalue weighted by Crippen LogP contribution is -1.92. The Morgan fingerprint density at radius 2 is 1.78 bits per heavy atom. The Hall–Kier alpha value is -2.34. The maximum atomic E-state index is 13.2. The lowest BCUT2D eigenvalue weighted by Gasteiger charge is -2.04. The molecule has 2 nitrogen and oxygen atoms in total. The van der Waals surface area contributed by atoms with Crippen molar-refractivity contribution >= 4 is 0 Å². The lowest BCUT2D eigenvalue weighted by molar-refractivity contribution is 0.414. The van der Waals surface area contributed by atoms with Crippen LogP contribution in [-0.4, -0.2) is 7.11 Å². The fourth-order valence-corrected chi connectivity index (χ4v) is 1.75. The first-order valence-electron chi connectivity index (χ1n) is 5.54. The van der Waals surface area contributed by atoms with Gasteiger partial charge in [-0.2, -0.15) is 5.26 Å². The molecule has 2 aromatic rings. The molecule has 0 aromatic heterocycles. The number of nitriles is 1. The van der Waals surface area contributed by atoms with Crippen LogP contribution in [0.5, 0.6) is 5.75 Å². The Labute approximate surface area is 105 Å². The van der Waals surface area contributed by atoms with Crippen molar-refractivity contribution in [3.05, 3.63) is 65.0 Å². The molecule has 0 radical (unpaired) electrons. The molecule has 18 heavy (non-hydrogen) atoms. The number of rotatable bonds is 3. The van der Waals surface area contributed by atoms with Crippen LogP contribution in [-0.2, 0) is 6.42 Å². The van der Waals surface area contributed by atoms with Gasteiger partial charge >= 0.3 is 0 Å². The van der Waals surface area contributed by atoms with E-state index < -0.39 is 5.82 Å². The number of ether oxygens (including phenoxy) is 1. The van der Waals surface area contributed by atoms with Gasteiger partial charge in [0.25, 0.3) is 0 Å². The molecule has 0 bridgehead atoms. The minimum Gasteiger partial charge on any atom is -0.497 e. The zero-order valence-electron chi connectivity index (χ0n) is 9.98.